The molecule has 0 saturated carbocycles. The maximum atomic E-state index is 12.4. The lowest BCUT2D eigenvalue weighted by Crippen LogP contribution is -2.28. The van der Waals surface area contributed by atoms with Crippen molar-refractivity contribution in [1.82, 2.24) is 15.1 Å². The van der Waals surface area contributed by atoms with Crippen LogP contribution in [-0.4, -0.2) is 15.7 Å². The number of amides is 1. The van der Waals surface area contributed by atoms with Crippen LogP contribution in [0.2, 0.25) is 0 Å². The first kappa shape index (κ1) is 16.5. The van der Waals surface area contributed by atoms with Crippen LogP contribution in [0.25, 0.3) is 5.69 Å². The summed E-state index contributed by atoms with van der Waals surface area (Å²) in [5, 5.41) is 7.66. The highest BCUT2D eigenvalue weighted by Gasteiger charge is 2.19. The molecule has 1 N–H and O–H groups in total. The van der Waals surface area contributed by atoms with Crippen molar-refractivity contribution in [3.63, 3.8) is 0 Å². The molecule has 0 spiro atoms. The predicted octanol–water partition coefficient (Wildman–Crippen LogP) is 4.17. The Hall–Kier alpha value is -2.36. The van der Waals surface area contributed by atoms with Crippen molar-refractivity contribution < 1.29 is 4.79 Å². The van der Waals surface area contributed by atoms with Gasteiger partial charge < -0.3 is 5.32 Å². The minimum atomic E-state index is -0.0573. The van der Waals surface area contributed by atoms with Gasteiger partial charge in [-0.1, -0.05) is 24.3 Å². The molecule has 0 unspecified atom stereocenters. The van der Waals surface area contributed by atoms with Crippen molar-refractivity contribution in [3.05, 3.63) is 58.9 Å². The van der Waals surface area contributed by atoms with E-state index in [0.717, 1.165) is 41.8 Å². The number of allylic oxidation sites excluding steroid dienone is 1. The molecule has 1 aromatic carbocycles. The molecule has 1 aromatic heterocycles. The summed E-state index contributed by atoms with van der Waals surface area (Å²) in [7, 11) is 0. The fourth-order valence-corrected chi connectivity index (χ4v) is 3.30. The quantitative estimate of drug-likeness (QED) is 0.918. The van der Waals surface area contributed by atoms with Gasteiger partial charge in [0, 0.05) is 16.8 Å². The summed E-state index contributed by atoms with van der Waals surface area (Å²) in [4.78, 5) is 12.4. The fraction of sp³-hybridized carbons (Fsp3) is 0.400. The number of aryl methyl sites for hydroxylation is 1. The molecular weight excluding hydrogens is 298 g/mol. The van der Waals surface area contributed by atoms with Crippen LogP contribution in [0.4, 0.5) is 0 Å². The van der Waals surface area contributed by atoms with E-state index < -0.39 is 0 Å². The Labute approximate surface area is 143 Å². The lowest BCUT2D eigenvalue weighted by Gasteiger charge is -2.17. The van der Waals surface area contributed by atoms with Gasteiger partial charge in [-0.2, -0.15) is 5.10 Å². The van der Waals surface area contributed by atoms with Crippen LogP contribution in [0.1, 0.15) is 55.5 Å². The summed E-state index contributed by atoms with van der Waals surface area (Å²) in [5.74, 6) is 0.0604. The summed E-state index contributed by atoms with van der Waals surface area (Å²) in [6.07, 6.45) is 8.14. The van der Waals surface area contributed by atoms with Crippen molar-refractivity contribution in [3.8, 4) is 5.69 Å². The van der Waals surface area contributed by atoms with Gasteiger partial charge in [0.2, 0.25) is 5.91 Å². The van der Waals surface area contributed by atoms with E-state index in [1.165, 1.54) is 12.0 Å². The number of carbonyl (C=O) groups is 1. The Bertz CT molecular complexity index is 773. The maximum absolute atomic E-state index is 12.4. The number of carbonyl (C=O) groups excluding carboxylic acids is 1. The lowest BCUT2D eigenvalue weighted by atomic mass is 9.98. The number of nitrogens with one attached hydrogen (secondary N) is 1. The molecule has 4 nitrogen and oxygen atoms in total. The van der Waals surface area contributed by atoms with E-state index >= 15 is 0 Å². The first-order valence-corrected chi connectivity index (χ1v) is 8.68. The maximum Gasteiger partial charge on any atom is 0.247 e. The van der Waals surface area contributed by atoms with Crippen molar-refractivity contribution in [1.29, 1.82) is 0 Å². The third-order valence-electron chi connectivity index (χ3n) is 4.79. The third kappa shape index (κ3) is 3.28. The molecular formula is C20H25N3O. The highest BCUT2D eigenvalue weighted by Crippen LogP contribution is 2.23. The van der Waals surface area contributed by atoms with E-state index in [1.54, 1.807) is 0 Å². The van der Waals surface area contributed by atoms with Gasteiger partial charge in [-0.15, -0.1) is 0 Å². The van der Waals surface area contributed by atoms with Gasteiger partial charge in [-0.25, -0.2) is 4.68 Å². The van der Waals surface area contributed by atoms with Crippen LogP contribution in [0, 0.1) is 13.8 Å². The Kier molecular flexibility index (Phi) is 4.84. The zero-order chi connectivity index (χ0) is 17.1. The Morgan fingerprint density at radius 1 is 1.25 bits per heavy atom. The van der Waals surface area contributed by atoms with Crippen LogP contribution in [0.5, 0.6) is 0 Å². The van der Waals surface area contributed by atoms with Crippen LogP contribution >= 0.6 is 0 Å². The molecule has 1 atom stereocenters. The van der Waals surface area contributed by atoms with Gasteiger partial charge in [0.05, 0.1) is 17.9 Å². The van der Waals surface area contributed by atoms with Gasteiger partial charge in [-0.3, -0.25) is 4.79 Å². The Morgan fingerprint density at radius 3 is 2.75 bits per heavy atom. The highest BCUT2D eigenvalue weighted by molar-refractivity contribution is 5.93. The molecule has 2 aromatic rings. The standard InChI is InChI=1S/C20H25N3O/c1-14-9-7-8-12-19(14)23-16(3)18(13-21-23)15(2)22-20(24)17-10-5-4-6-11-17/h7-10,12-13,15H,4-6,11H2,1-3H3,(H,22,24)/t15-/m1/s1. The molecule has 3 rings (SSSR count). The Balaban J connectivity index is 1.79. The summed E-state index contributed by atoms with van der Waals surface area (Å²) < 4.78 is 1.95. The number of para-hydroxylation sites is 1. The topological polar surface area (TPSA) is 46.9 Å². The molecule has 1 aliphatic rings. The molecule has 0 fully saturated rings. The van der Waals surface area contributed by atoms with E-state index in [1.807, 2.05) is 29.9 Å². The molecule has 0 saturated heterocycles. The first-order chi connectivity index (χ1) is 11.6. The molecule has 1 heterocycles. The van der Waals surface area contributed by atoms with Crippen LogP contribution in [0.15, 0.2) is 42.1 Å². The fourth-order valence-electron chi connectivity index (χ4n) is 3.30. The monoisotopic (exact) mass is 323 g/mol. The van der Waals surface area contributed by atoms with Crippen molar-refractivity contribution in [2.75, 3.05) is 0 Å². The predicted molar refractivity (Wildman–Crippen MR) is 96.1 cm³/mol. The third-order valence-corrected chi connectivity index (χ3v) is 4.79. The summed E-state index contributed by atoms with van der Waals surface area (Å²) in [6, 6.07) is 8.13. The van der Waals surface area contributed by atoms with E-state index in [4.69, 9.17) is 0 Å². The molecule has 0 bridgehead atoms. The van der Waals surface area contributed by atoms with Gasteiger partial charge in [-0.05, 0) is 58.1 Å². The van der Waals surface area contributed by atoms with Gasteiger partial charge >= 0.3 is 0 Å². The van der Waals surface area contributed by atoms with Crippen LogP contribution in [-0.2, 0) is 4.79 Å². The number of hydrogen-bond donors (Lipinski definition) is 1. The largest absolute Gasteiger partial charge is 0.346 e. The summed E-state index contributed by atoms with van der Waals surface area (Å²) >= 11 is 0. The minimum Gasteiger partial charge on any atom is -0.346 e. The van der Waals surface area contributed by atoms with Gasteiger partial charge in [0.25, 0.3) is 0 Å². The second-order valence-electron chi connectivity index (χ2n) is 6.55. The molecule has 1 amide bonds. The van der Waals surface area contributed by atoms with E-state index in [2.05, 4.69) is 42.5 Å². The number of rotatable bonds is 4. The molecule has 1 aliphatic carbocycles. The highest BCUT2D eigenvalue weighted by atomic mass is 16.1. The van der Waals surface area contributed by atoms with Crippen molar-refractivity contribution in [2.24, 2.45) is 0 Å². The number of hydrogen-bond acceptors (Lipinski definition) is 2. The zero-order valence-electron chi connectivity index (χ0n) is 14.7. The smallest absolute Gasteiger partial charge is 0.247 e. The van der Waals surface area contributed by atoms with Crippen molar-refractivity contribution >= 4 is 5.91 Å². The molecule has 4 heteroatoms. The first-order valence-electron chi connectivity index (χ1n) is 8.68. The second-order valence-corrected chi connectivity index (χ2v) is 6.55. The Morgan fingerprint density at radius 2 is 2.04 bits per heavy atom. The normalized spacial score (nSPS) is 15.7. The second kappa shape index (κ2) is 7.04. The zero-order valence-corrected chi connectivity index (χ0v) is 14.7. The number of nitrogens with zero attached hydrogens (tertiary/aromatic N) is 2. The number of aromatic nitrogens is 2. The van der Waals surface area contributed by atoms with Crippen molar-refractivity contribution in [2.45, 2.75) is 52.5 Å². The van der Waals surface area contributed by atoms with E-state index in [9.17, 15) is 4.79 Å². The molecule has 24 heavy (non-hydrogen) atoms. The molecule has 126 valence electrons. The molecule has 0 radical (unpaired) electrons. The lowest BCUT2D eigenvalue weighted by molar-refractivity contribution is -0.118. The number of benzene rings is 1. The molecule has 0 aliphatic heterocycles. The summed E-state index contributed by atoms with van der Waals surface area (Å²) in [5.41, 5.74) is 5.31. The summed E-state index contributed by atoms with van der Waals surface area (Å²) in [6.45, 7) is 6.15. The van der Waals surface area contributed by atoms with Gasteiger partial charge in [0.1, 0.15) is 0 Å². The van der Waals surface area contributed by atoms with Gasteiger partial charge in [0.15, 0.2) is 0 Å². The van der Waals surface area contributed by atoms with Crippen LogP contribution in [0.3, 0.4) is 0 Å². The average Bonchev–Trinajstić information content (AvgIpc) is 2.97. The van der Waals surface area contributed by atoms with E-state index in [0.29, 0.717) is 0 Å². The van der Waals surface area contributed by atoms with E-state index in [-0.39, 0.29) is 11.9 Å². The SMILES string of the molecule is Cc1ccccc1-n1ncc([C@@H](C)NC(=O)C2=CCCCC2)c1C. The average molecular weight is 323 g/mol. The van der Waals surface area contributed by atoms with Crippen LogP contribution < -0.4 is 5.32 Å². The minimum absolute atomic E-state index is 0.0573.